The first-order valence-electron chi connectivity index (χ1n) is 7.83. The Balaban J connectivity index is 1.91. The second-order valence-corrected chi connectivity index (χ2v) is 7.02. The molecule has 3 unspecified atom stereocenters. The van der Waals surface area contributed by atoms with Crippen LogP contribution in [0.15, 0.2) is 0 Å². The molecule has 5 nitrogen and oxygen atoms in total. The van der Waals surface area contributed by atoms with Crippen molar-refractivity contribution in [2.45, 2.75) is 70.7 Å². The molecule has 0 saturated carbocycles. The number of piperidine rings is 1. The fourth-order valence-electron chi connectivity index (χ4n) is 3.04. The van der Waals surface area contributed by atoms with Crippen LogP contribution in [0.3, 0.4) is 0 Å². The predicted octanol–water partition coefficient (Wildman–Crippen LogP) is 1.73. The Kier molecular flexibility index (Phi) is 4.91. The van der Waals surface area contributed by atoms with Crippen LogP contribution in [0.2, 0.25) is 0 Å². The number of likely N-dealkylation sites (tertiary alicyclic amines) is 1. The topological polar surface area (TPSA) is 53.6 Å². The summed E-state index contributed by atoms with van der Waals surface area (Å²) in [7, 11) is 0. The average molecular weight is 283 g/mol. The molecule has 3 atom stereocenters. The second-order valence-electron chi connectivity index (χ2n) is 7.02. The van der Waals surface area contributed by atoms with Crippen molar-refractivity contribution in [3.8, 4) is 0 Å². The van der Waals surface area contributed by atoms with E-state index in [4.69, 9.17) is 4.74 Å². The lowest BCUT2D eigenvalue weighted by molar-refractivity contribution is 0.00646. The van der Waals surface area contributed by atoms with Gasteiger partial charge in [0.1, 0.15) is 5.60 Å². The smallest absolute Gasteiger partial charge is 0.410 e. The third-order valence-corrected chi connectivity index (χ3v) is 4.13. The number of carbonyl (C=O) groups is 1. The van der Waals surface area contributed by atoms with Gasteiger partial charge < -0.3 is 20.3 Å². The highest BCUT2D eigenvalue weighted by molar-refractivity contribution is 5.68. The van der Waals surface area contributed by atoms with Crippen molar-refractivity contribution in [3.63, 3.8) is 0 Å². The lowest BCUT2D eigenvalue weighted by Gasteiger charge is -2.41. The minimum absolute atomic E-state index is 0.180. The minimum atomic E-state index is -0.424. The summed E-state index contributed by atoms with van der Waals surface area (Å²) in [6.07, 6.45) is 3.18. The normalized spacial score (nSPS) is 31.4. The molecule has 2 saturated heterocycles. The van der Waals surface area contributed by atoms with E-state index in [0.29, 0.717) is 12.1 Å². The number of amides is 1. The Labute approximate surface area is 122 Å². The number of nitrogens with one attached hydrogen (secondary N) is 2. The van der Waals surface area contributed by atoms with Crippen LogP contribution in [0, 0.1) is 0 Å². The molecule has 1 amide bonds. The Bertz CT molecular complexity index is 335. The zero-order valence-electron chi connectivity index (χ0n) is 13.2. The third-order valence-electron chi connectivity index (χ3n) is 4.13. The third kappa shape index (κ3) is 4.09. The second kappa shape index (κ2) is 6.31. The lowest BCUT2D eigenvalue weighted by atomic mass is 9.97. The number of ether oxygens (including phenoxy) is 1. The highest BCUT2D eigenvalue weighted by Crippen LogP contribution is 2.21. The van der Waals surface area contributed by atoms with E-state index in [0.717, 1.165) is 32.5 Å². The van der Waals surface area contributed by atoms with E-state index in [9.17, 15) is 4.79 Å². The maximum atomic E-state index is 12.3. The molecule has 2 aliphatic heterocycles. The molecule has 0 bridgehead atoms. The SMILES string of the molecule is CC1C(NC2CCNC2)CCCN1C(=O)OC(C)(C)C. The fourth-order valence-corrected chi connectivity index (χ4v) is 3.04. The number of hydrogen-bond donors (Lipinski definition) is 2. The van der Waals surface area contributed by atoms with Gasteiger partial charge in [0, 0.05) is 31.2 Å². The zero-order valence-corrected chi connectivity index (χ0v) is 13.2. The van der Waals surface area contributed by atoms with E-state index < -0.39 is 5.60 Å². The molecule has 2 fully saturated rings. The van der Waals surface area contributed by atoms with Crippen molar-refractivity contribution in [1.82, 2.24) is 15.5 Å². The van der Waals surface area contributed by atoms with Crippen molar-refractivity contribution in [2.75, 3.05) is 19.6 Å². The molecule has 2 N–H and O–H groups in total. The summed E-state index contributed by atoms with van der Waals surface area (Å²) in [5, 5.41) is 7.08. The number of nitrogens with zero attached hydrogens (tertiary/aromatic N) is 1. The van der Waals surface area contributed by atoms with Crippen molar-refractivity contribution < 1.29 is 9.53 Å². The molecule has 2 aliphatic rings. The first-order valence-corrected chi connectivity index (χ1v) is 7.83. The summed E-state index contributed by atoms with van der Waals surface area (Å²) in [5.74, 6) is 0. The van der Waals surface area contributed by atoms with Gasteiger partial charge in [-0.25, -0.2) is 4.79 Å². The van der Waals surface area contributed by atoms with Crippen LogP contribution < -0.4 is 10.6 Å². The van der Waals surface area contributed by atoms with Gasteiger partial charge in [-0.05, 0) is 53.5 Å². The molecule has 0 aromatic rings. The minimum Gasteiger partial charge on any atom is -0.444 e. The fraction of sp³-hybridized carbons (Fsp3) is 0.933. The Morgan fingerprint density at radius 1 is 1.35 bits per heavy atom. The van der Waals surface area contributed by atoms with Crippen LogP contribution in [-0.2, 0) is 4.74 Å². The average Bonchev–Trinajstić information content (AvgIpc) is 2.82. The Hall–Kier alpha value is -0.810. The van der Waals surface area contributed by atoms with Gasteiger partial charge in [-0.3, -0.25) is 0 Å². The zero-order chi connectivity index (χ0) is 14.8. The molecule has 20 heavy (non-hydrogen) atoms. The molecule has 2 heterocycles. The molecule has 0 aliphatic carbocycles. The van der Waals surface area contributed by atoms with E-state index in [-0.39, 0.29) is 12.1 Å². The standard InChI is InChI=1S/C15H29N3O2/c1-11-13(17-12-7-8-16-10-12)6-5-9-18(11)14(19)20-15(2,3)4/h11-13,16-17H,5-10H2,1-4H3. The molecule has 0 radical (unpaired) electrons. The molecule has 116 valence electrons. The van der Waals surface area contributed by atoms with E-state index in [1.165, 1.54) is 6.42 Å². The molecule has 0 aromatic heterocycles. The van der Waals surface area contributed by atoms with Crippen molar-refractivity contribution >= 4 is 6.09 Å². The number of rotatable bonds is 2. The van der Waals surface area contributed by atoms with Crippen molar-refractivity contribution in [3.05, 3.63) is 0 Å². The lowest BCUT2D eigenvalue weighted by Crippen LogP contribution is -2.57. The summed E-state index contributed by atoms with van der Waals surface area (Å²) in [6.45, 7) is 10.8. The Morgan fingerprint density at radius 2 is 2.10 bits per heavy atom. The van der Waals surface area contributed by atoms with E-state index in [2.05, 4.69) is 17.6 Å². The highest BCUT2D eigenvalue weighted by Gasteiger charge is 2.34. The van der Waals surface area contributed by atoms with Crippen molar-refractivity contribution in [2.24, 2.45) is 0 Å². The van der Waals surface area contributed by atoms with Crippen LogP contribution >= 0.6 is 0 Å². The van der Waals surface area contributed by atoms with Crippen LogP contribution in [0.25, 0.3) is 0 Å². The molecular formula is C15H29N3O2. The van der Waals surface area contributed by atoms with Gasteiger partial charge in [0.05, 0.1) is 0 Å². The van der Waals surface area contributed by atoms with Gasteiger partial charge >= 0.3 is 6.09 Å². The van der Waals surface area contributed by atoms with E-state index in [1.54, 1.807) is 0 Å². The van der Waals surface area contributed by atoms with E-state index in [1.807, 2.05) is 25.7 Å². The largest absolute Gasteiger partial charge is 0.444 e. The molecule has 2 rings (SSSR count). The van der Waals surface area contributed by atoms with Crippen LogP contribution in [0.4, 0.5) is 4.79 Å². The van der Waals surface area contributed by atoms with Crippen LogP contribution in [0.1, 0.15) is 47.0 Å². The first kappa shape index (κ1) is 15.6. The van der Waals surface area contributed by atoms with E-state index >= 15 is 0 Å². The summed E-state index contributed by atoms with van der Waals surface area (Å²) >= 11 is 0. The molecule has 0 spiro atoms. The quantitative estimate of drug-likeness (QED) is 0.810. The van der Waals surface area contributed by atoms with Crippen LogP contribution in [0.5, 0.6) is 0 Å². The monoisotopic (exact) mass is 283 g/mol. The summed E-state index contributed by atoms with van der Waals surface area (Å²) in [5.41, 5.74) is -0.424. The van der Waals surface area contributed by atoms with Gasteiger partial charge in [-0.2, -0.15) is 0 Å². The first-order chi connectivity index (χ1) is 9.37. The van der Waals surface area contributed by atoms with Crippen LogP contribution in [-0.4, -0.2) is 54.4 Å². The maximum Gasteiger partial charge on any atom is 0.410 e. The van der Waals surface area contributed by atoms with Gasteiger partial charge in [-0.1, -0.05) is 0 Å². The van der Waals surface area contributed by atoms with Crippen molar-refractivity contribution in [1.29, 1.82) is 0 Å². The highest BCUT2D eigenvalue weighted by atomic mass is 16.6. The molecule has 5 heteroatoms. The van der Waals surface area contributed by atoms with Gasteiger partial charge in [0.25, 0.3) is 0 Å². The number of hydrogen-bond acceptors (Lipinski definition) is 4. The Morgan fingerprint density at radius 3 is 2.70 bits per heavy atom. The van der Waals surface area contributed by atoms with Gasteiger partial charge in [0.2, 0.25) is 0 Å². The molecular weight excluding hydrogens is 254 g/mol. The predicted molar refractivity (Wildman–Crippen MR) is 79.8 cm³/mol. The maximum absolute atomic E-state index is 12.3. The molecule has 0 aromatic carbocycles. The summed E-state index contributed by atoms with van der Waals surface area (Å²) < 4.78 is 5.51. The summed E-state index contributed by atoms with van der Waals surface area (Å²) in [4.78, 5) is 14.2. The summed E-state index contributed by atoms with van der Waals surface area (Å²) in [6, 6.07) is 1.11. The van der Waals surface area contributed by atoms with Gasteiger partial charge in [0.15, 0.2) is 0 Å². The van der Waals surface area contributed by atoms with Gasteiger partial charge in [-0.15, -0.1) is 0 Å². The number of carbonyl (C=O) groups excluding carboxylic acids is 1.